The van der Waals surface area contributed by atoms with Crippen LogP contribution in [0.2, 0.25) is 0 Å². The molecule has 0 spiro atoms. The van der Waals surface area contributed by atoms with Gasteiger partial charge in [-0.15, -0.1) is 0 Å². The number of nitrogens with zero attached hydrogens (tertiary/aromatic N) is 5. The molecule has 1 aromatic carbocycles. The zero-order chi connectivity index (χ0) is 22.9. The molecule has 0 aliphatic carbocycles. The van der Waals surface area contributed by atoms with Crippen LogP contribution < -0.4 is 9.80 Å². The van der Waals surface area contributed by atoms with E-state index in [-0.39, 0.29) is 5.75 Å². The Balaban J connectivity index is 1.40. The summed E-state index contributed by atoms with van der Waals surface area (Å²) < 4.78 is 65.2. The number of hydrogen-bond donors (Lipinski definition) is 0. The van der Waals surface area contributed by atoms with Gasteiger partial charge in [0.05, 0.1) is 11.3 Å². The molecule has 7 nitrogen and oxygen atoms in total. The summed E-state index contributed by atoms with van der Waals surface area (Å²) in [6, 6.07) is 6.18. The fourth-order valence-corrected chi connectivity index (χ4v) is 5.56. The molecule has 1 aromatic heterocycles. The molecule has 4 rings (SSSR count). The van der Waals surface area contributed by atoms with Gasteiger partial charge in [0.25, 0.3) is 0 Å². The molecule has 2 fully saturated rings. The fourth-order valence-electron chi connectivity index (χ4n) is 4.04. The van der Waals surface area contributed by atoms with E-state index in [0.29, 0.717) is 31.7 Å². The summed E-state index contributed by atoms with van der Waals surface area (Å²) in [4.78, 5) is 13.5. The van der Waals surface area contributed by atoms with E-state index in [4.69, 9.17) is 4.98 Å². The van der Waals surface area contributed by atoms with Gasteiger partial charge < -0.3 is 9.80 Å². The summed E-state index contributed by atoms with van der Waals surface area (Å²) >= 11 is 0. The zero-order valence-corrected chi connectivity index (χ0v) is 18.7. The molecule has 0 radical (unpaired) electrons. The van der Waals surface area contributed by atoms with Gasteiger partial charge in [-0.1, -0.05) is 12.1 Å². The van der Waals surface area contributed by atoms with E-state index in [1.54, 1.807) is 0 Å². The molecule has 11 heteroatoms. The van der Waals surface area contributed by atoms with Crippen LogP contribution in [-0.4, -0.2) is 62.0 Å². The minimum atomic E-state index is -4.44. The molecule has 0 atom stereocenters. The third kappa shape index (κ3) is 5.15. The molecule has 0 unspecified atom stereocenters. The van der Waals surface area contributed by atoms with Crippen LogP contribution in [-0.2, 0) is 22.0 Å². The minimum absolute atomic E-state index is 0.297. The number of aryl methyl sites for hydroxylation is 1. The van der Waals surface area contributed by atoms with Gasteiger partial charge >= 0.3 is 6.18 Å². The second-order valence-corrected chi connectivity index (χ2v) is 10.2. The number of benzene rings is 1. The largest absolute Gasteiger partial charge is 0.416 e. The highest BCUT2D eigenvalue weighted by molar-refractivity contribution is 7.88. The molecule has 0 saturated carbocycles. The van der Waals surface area contributed by atoms with Crippen LogP contribution in [0, 0.1) is 6.92 Å². The molecule has 0 amide bonds. The van der Waals surface area contributed by atoms with Crippen molar-refractivity contribution in [3.05, 3.63) is 47.2 Å². The maximum atomic E-state index is 12.8. The Labute approximate surface area is 185 Å². The van der Waals surface area contributed by atoms with Crippen LogP contribution in [0.3, 0.4) is 0 Å². The summed E-state index contributed by atoms with van der Waals surface area (Å²) in [6.07, 6.45) is -2.19. The molecular weight excluding hydrogens is 443 g/mol. The maximum Gasteiger partial charge on any atom is 0.416 e. The SMILES string of the molecule is Cc1cc(N2CCN(S(=O)(=O)Cc3ccc(C(F)(F)F)cc3)CC2)nc(N2CCCC2)n1. The van der Waals surface area contributed by atoms with E-state index in [1.165, 1.54) is 16.4 Å². The van der Waals surface area contributed by atoms with Gasteiger partial charge in [0, 0.05) is 51.0 Å². The second kappa shape index (κ2) is 8.86. The van der Waals surface area contributed by atoms with Crippen LogP contribution in [0.25, 0.3) is 0 Å². The Morgan fingerprint density at radius 3 is 2.12 bits per heavy atom. The second-order valence-electron chi connectivity index (χ2n) is 8.20. The number of anilines is 2. The Bertz CT molecular complexity index is 1050. The zero-order valence-electron chi connectivity index (χ0n) is 17.8. The highest BCUT2D eigenvalue weighted by atomic mass is 32.2. The van der Waals surface area contributed by atoms with Gasteiger partial charge in [-0.2, -0.15) is 22.5 Å². The van der Waals surface area contributed by atoms with E-state index in [2.05, 4.69) is 14.8 Å². The highest BCUT2D eigenvalue weighted by Crippen LogP contribution is 2.29. The minimum Gasteiger partial charge on any atom is -0.354 e. The van der Waals surface area contributed by atoms with Crippen LogP contribution in [0.1, 0.15) is 29.7 Å². The summed E-state index contributed by atoms with van der Waals surface area (Å²) in [6.45, 7) is 5.38. The Kier molecular flexibility index (Phi) is 6.30. The molecule has 174 valence electrons. The first kappa shape index (κ1) is 22.8. The van der Waals surface area contributed by atoms with Crippen LogP contribution in [0.5, 0.6) is 0 Å². The third-order valence-electron chi connectivity index (χ3n) is 5.80. The summed E-state index contributed by atoms with van der Waals surface area (Å²) in [7, 11) is -3.64. The van der Waals surface area contributed by atoms with E-state index in [9.17, 15) is 21.6 Å². The van der Waals surface area contributed by atoms with Crippen molar-refractivity contribution in [1.82, 2.24) is 14.3 Å². The van der Waals surface area contributed by atoms with Gasteiger partial charge in [-0.05, 0) is 37.5 Å². The Morgan fingerprint density at radius 1 is 0.906 bits per heavy atom. The maximum absolute atomic E-state index is 12.8. The van der Waals surface area contributed by atoms with E-state index < -0.39 is 21.8 Å². The van der Waals surface area contributed by atoms with Gasteiger partial charge in [-0.3, -0.25) is 0 Å². The number of alkyl halides is 3. The van der Waals surface area contributed by atoms with Crippen molar-refractivity contribution in [2.75, 3.05) is 49.1 Å². The number of hydrogen-bond acceptors (Lipinski definition) is 6. The van der Waals surface area contributed by atoms with Crippen molar-refractivity contribution in [1.29, 1.82) is 0 Å². The predicted molar refractivity (Wildman–Crippen MR) is 116 cm³/mol. The van der Waals surface area contributed by atoms with Crippen molar-refractivity contribution >= 4 is 21.8 Å². The first-order valence-electron chi connectivity index (χ1n) is 10.6. The molecule has 2 saturated heterocycles. The molecule has 32 heavy (non-hydrogen) atoms. The lowest BCUT2D eigenvalue weighted by atomic mass is 10.1. The van der Waals surface area contributed by atoms with E-state index in [1.807, 2.05) is 13.0 Å². The van der Waals surface area contributed by atoms with Crippen molar-refractivity contribution < 1.29 is 21.6 Å². The third-order valence-corrected chi connectivity index (χ3v) is 7.65. The van der Waals surface area contributed by atoms with Gasteiger partial charge in [0.15, 0.2) is 0 Å². The average molecular weight is 470 g/mol. The first-order chi connectivity index (χ1) is 15.1. The monoisotopic (exact) mass is 469 g/mol. The fraction of sp³-hybridized carbons (Fsp3) is 0.524. The summed E-state index contributed by atoms with van der Waals surface area (Å²) in [5.41, 5.74) is 0.414. The van der Waals surface area contributed by atoms with E-state index in [0.717, 1.165) is 55.5 Å². The molecular formula is C21H26F3N5O2S. The van der Waals surface area contributed by atoms with Crippen molar-refractivity contribution in [3.63, 3.8) is 0 Å². The Morgan fingerprint density at radius 2 is 1.53 bits per heavy atom. The number of sulfonamides is 1. The summed E-state index contributed by atoms with van der Waals surface area (Å²) in [5, 5.41) is 0. The number of aromatic nitrogens is 2. The van der Waals surface area contributed by atoms with Crippen LogP contribution in [0.15, 0.2) is 30.3 Å². The normalized spacial score (nSPS) is 18.4. The predicted octanol–water partition coefficient (Wildman–Crippen LogP) is 3.06. The average Bonchev–Trinajstić information content (AvgIpc) is 3.28. The van der Waals surface area contributed by atoms with E-state index >= 15 is 0 Å². The van der Waals surface area contributed by atoms with Gasteiger partial charge in [0.1, 0.15) is 5.82 Å². The molecule has 2 aromatic rings. The quantitative estimate of drug-likeness (QED) is 0.671. The number of piperazine rings is 1. The number of halogens is 3. The van der Waals surface area contributed by atoms with Crippen molar-refractivity contribution in [3.8, 4) is 0 Å². The standard InChI is InChI=1S/C21H26F3N5O2S/c1-16-14-19(26-20(25-16)28-8-2-3-9-28)27-10-12-29(13-11-27)32(30,31)15-17-4-6-18(7-5-17)21(22,23)24/h4-7,14H,2-3,8-13,15H2,1H3. The van der Waals surface area contributed by atoms with Crippen LogP contribution >= 0.6 is 0 Å². The Hall–Kier alpha value is -2.40. The number of rotatable bonds is 5. The summed E-state index contributed by atoms with van der Waals surface area (Å²) in [5.74, 6) is 1.19. The van der Waals surface area contributed by atoms with Gasteiger partial charge in [-0.25, -0.2) is 13.4 Å². The first-order valence-corrected chi connectivity index (χ1v) is 12.2. The lowest BCUT2D eigenvalue weighted by Gasteiger charge is -2.35. The lowest BCUT2D eigenvalue weighted by Crippen LogP contribution is -2.49. The molecule has 2 aliphatic rings. The molecule has 3 heterocycles. The van der Waals surface area contributed by atoms with Crippen LogP contribution in [0.4, 0.5) is 24.9 Å². The molecule has 2 aliphatic heterocycles. The highest BCUT2D eigenvalue weighted by Gasteiger charge is 2.31. The topological polar surface area (TPSA) is 69.6 Å². The van der Waals surface area contributed by atoms with Crippen molar-refractivity contribution in [2.24, 2.45) is 0 Å². The lowest BCUT2D eigenvalue weighted by molar-refractivity contribution is -0.137. The molecule has 0 N–H and O–H groups in total. The molecule has 0 bridgehead atoms. The smallest absolute Gasteiger partial charge is 0.354 e. The van der Waals surface area contributed by atoms with Gasteiger partial charge in [0.2, 0.25) is 16.0 Å². The van der Waals surface area contributed by atoms with Crippen molar-refractivity contribution in [2.45, 2.75) is 31.7 Å².